The van der Waals surface area contributed by atoms with Crippen LogP contribution in [-0.4, -0.2) is 45.3 Å². The first kappa shape index (κ1) is 12.2. The Labute approximate surface area is 100 Å². The Balaban J connectivity index is 2.14. The first-order valence-electron chi connectivity index (χ1n) is 4.82. The van der Waals surface area contributed by atoms with Crippen molar-refractivity contribution in [2.75, 3.05) is 11.9 Å². The second-order valence-corrected chi connectivity index (χ2v) is 4.31. The third-order valence-electron chi connectivity index (χ3n) is 2.42. The second kappa shape index (κ2) is 4.91. The molecule has 1 saturated heterocycles. The summed E-state index contributed by atoms with van der Waals surface area (Å²) < 4.78 is 6.56. The Morgan fingerprint density at radius 3 is 2.94 bits per heavy atom. The van der Waals surface area contributed by atoms with Crippen LogP contribution in [0, 0.1) is 11.5 Å². The summed E-state index contributed by atoms with van der Waals surface area (Å²) in [4.78, 5) is 0. The normalized spacial score (nSPS) is 32.4. The van der Waals surface area contributed by atoms with Crippen molar-refractivity contribution in [1.29, 1.82) is 5.26 Å². The van der Waals surface area contributed by atoms with Crippen molar-refractivity contribution in [2.45, 2.75) is 24.5 Å². The molecule has 0 aromatic carbocycles. The van der Waals surface area contributed by atoms with Gasteiger partial charge in [-0.15, -0.1) is 0 Å². The Kier molecular flexibility index (Phi) is 3.51. The van der Waals surface area contributed by atoms with E-state index in [0.717, 1.165) is 11.3 Å². The van der Waals surface area contributed by atoms with Crippen molar-refractivity contribution < 1.29 is 24.7 Å². The summed E-state index contributed by atoms with van der Waals surface area (Å²) in [6.45, 7) is -0.386. The van der Waals surface area contributed by atoms with Gasteiger partial charge in [-0.3, -0.25) is 5.32 Å². The van der Waals surface area contributed by atoms with Gasteiger partial charge in [0.2, 0.25) is 0 Å². The lowest BCUT2D eigenvalue weighted by molar-refractivity contribution is -0.809. The van der Waals surface area contributed by atoms with Gasteiger partial charge < -0.3 is 20.1 Å². The number of nitriles is 1. The summed E-state index contributed by atoms with van der Waals surface area (Å²) in [5.74, 6) is 0. The number of anilines is 1. The van der Waals surface area contributed by atoms with Crippen molar-refractivity contribution in [3.8, 4) is 6.19 Å². The number of ether oxygens (including phenoxy) is 1. The summed E-state index contributed by atoms with van der Waals surface area (Å²) in [5.41, 5.74) is 1.54. The molecule has 1 aliphatic rings. The van der Waals surface area contributed by atoms with Gasteiger partial charge >= 0.3 is 6.23 Å². The first-order chi connectivity index (χ1) is 8.17. The highest BCUT2D eigenvalue weighted by atomic mass is 32.1. The lowest BCUT2D eigenvalue weighted by Crippen LogP contribution is -2.47. The SMILES string of the molecule is N#CNc1n[n+]([C@@H]2O[C@H](CO)[C@@H](O)[C@H]2O)cs1. The Hall–Kier alpha value is -1.31. The molecule has 0 aliphatic carbocycles. The predicted molar refractivity (Wildman–Crippen MR) is 54.6 cm³/mol. The third-order valence-corrected chi connectivity index (χ3v) is 3.15. The average molecular weight is 259 g/mol. The fourth-order valence-corrected chi connectivity index (χ4v) is 2.19. The molecule has 4 N–H and O–H groups in total. The van der Waals surface area contributed by atoms with E-state index < -0.39 is 24.5 Å². The van der Waals surface area contributed by atoms with Crippen molar-refractivity contribution in [1.82, 2.24) is 5.10 Å². The molecule has 1 aromatic rings. The van der Waals surface area contributed by atoms with Crippen LogP contribution in [0.3, 0.4) is 0 Å². The largest absolute Gasteiger partial charge is 0.394 e. The molecule has 17 heavy (non-hydrogen) atoms. The van der Waals surface area contributed by atoms with E-state index in [0.29, 0.717) is 5.13 Å². The Bertz CT molecular complexity index is 433. The lowest BCUT2D eigenvalue weighted by atomic mass is 10.1. The minimum Gasteiger partial charge on any atom is -0.394 e. The second-order valence-electron chi connectivity index (χ2n) is 3.47. The monoisotopic (exact) mass is 259 g/mol. The summed E-state index contributed by atoms with van der Waals surface area (Å²) in [6, 6.07) is 0. The topological polar surface area (TPSA) is 123 Å². The van der Waals surface area contributed by atoms with E-state index in [-0.39, 0.29) is 6.61 Å². The van der Waals surface area contributed by atoms with Crippen molar-refractivity contribution in [2.24, 2.45) is 0 Å². The number of hydrogen-bond donors (Lipinski definition) is 4. The highest BCUT2D eigenvalue weighted by molar-refractivity contribution is 7.13. The van der Waals surface area contributed by atoms with Gasteiger partial charge in [-0.1, -0.05) is 0 Å². The van der Waals surface area contributed by atoms with Gasteiger partial charge in [0.25, 0.3) is 10.6 Å². The van der Waals surface area contributed by atoms with Crippen LogP contribution in [0.5, 0.6) is 0 Å². The number of aromatic nitrogens is 2. The fourth-order valence-electron chi connectivity index (χ4n) is 1.57. The van der Waals surface area contributed by atoms with E-state index in [4.69, 9.17) is 15.1 Å². The van der Waals surface area contributed by atoms with Crippen LogP contribution in [0.4, 0.5) is 5.13 Å². The molecule has 0 unspecified atom stereocenters. The van der Waals surface area contributed by atoms with Crippen LogP contribution in [0.1, 0.15) is 6.23 Å². The van der Waals surface area contributed by atoms with Gasteiger partial charge in [-0.2, -0.15) is 5.26 Å². The summed E-state index contributed by atoms with van der Waals surface area (Å²) >= 11 is 1.16. The van der Waals surface area contributed by atoms with E-state index in [1.165, 1.54) is 4.68 Å². The van der Waals surface area contributed by atoms with Crippen LogP contribution >= 0.6 is 11.3 Å². The zero-order valence-electron chi connectivity index (χ0n) is 8.59. The van der Waals surface area contributed by atoms with Crippen molar-refractivity contribution >= 4 is 16.5 Å². The van der Waals surface area contributed by atoms with Gasteiger partial charge in [-0.25, -0.2) is 0 Å². The van der Waals surface area contributed by atoms with Crippen LogP contribution in [0.2, 0.25) is 0 Å². The number of aliphatic hydroxyl groups excluding tert-OH is 3. The molecule has 8 nitrogen and oxygen atoms in total. The average Bonchev–Trinajstić information content (AvgIpc) is 2.87. The maximum atomic E-state index is 9.72. The summed E-state index contributed by atoms with van der Waals surface area (Å²) in [6.07, 6.45) is -2.32. The molecule has 0 amide bonds. The molecule has 1 aliphatic heterocycles. The number of nitrogens with zero attached hydrogens (tertiary/aromatic N) is 3. The quantitative estimate of drug-likeness (QED) is 0.279. The van der Waals surface area contributed by atoms with Crippen molar-refractivity contribution in [3.63, 3.8) is 0 Å². The minimum absolute atomic E-state index is 0.352. The molecule has 9 heteroatoms. The number of nitrogens with one attached hydrogen (secondary N) is 1. The zero-order chi connectivity index (χ0) is 12.4. The van der Waals surface area contributed by atoms with Crippen molar-refractivity contribution in [3.05, 3.63) is 5.51 Å². The van der Waals surface area contributed by atoms with Gasteiger partial charge in [0, 0.05) is 5.10 Å². The highest BCUT2D eigenvalue weighted by Gasteiger charge is 2.49. The maximum absolute atomic E-state index is 9.72. The van der Waals surface area contributed by atoms with Crippen LogP contribution in [-0.2, 0) is 4.74 Å². The van der Waals surface area contributed by atoms with E-state index in [9.17, 15) is 10.2 Å². The maximum Gasteiger partial charge on any atom is 0.318 e. The van der Waals surface area contributed by atoms with Crippen LogP contribution < -0.4 is 10.00 Å². The Morgan fingerprint density at radius 2 is 2.35 bits per heavy atom. The molecule has 1 aromatic heterocycles. The molecule has 4 atom stereocenters. The molecule has 1 fully saturated rings. The lowest BCUT2D eigenvalue weighted by Gasteiger charge is -2.08. The molecular weight excluding hydrogens is 248 g/mol. The van der Waals surface area contributed by atoms with Gasteiger partial charge in [-0.05, 0) is 16.0 Å². The summed E-state index contributed by atoms with van der Waals surface area (Å²) in [7, 11) is 0. The molecule has 92 valence electrons. The molecule has 0 saturated carbocycles. The number of hydrogen-bond acceptors (Lipinski definition) is 8. The number of aliphatic hydroxyl groups is 3. The van der Waals surface area contributed by atoms with Gasteiger partial charge in [0.05, 0.1) is 6.61 Å². The van der Waals surface area contributed by atoms with Gasteiger partial charge in [0.1, 0.15) is 12.2 Å². The smallest absolute Gasteiger partial charge is 0.318 e. The third kappa shape index (κ3) is 2.21. The van der Waals surface area contributed by atoms with Crippen LogP contribution in [0.25, 0.3) is 0 Å². The first-order valence-corrected chi connectivity index (χ1v) is 5.70. The van der Waals surface area contributed by atoms with E-state index in [1.807, 2.05) is 0 Å². The molecule has 2 heterocycles. The molecule has 0 bridgehead atoms. The van der Waals surface area contributed by atoms with Crippen LogP contribution in [0.15, 0.2) is 5.51 Å². The standard InChI is InChI=1S/C8H11N4O4S/c9-2-10-8-11-12(3-17-8)7-6(15)5(14)4(1-13)16-7/h3-7,13-15H,1H2,(H,10,11)/q+1/t4-,5-,6-,7-/m1/s1. The Morgan fingerprint density at radius 1 is 1.59 bits per heavy atom. The van der Waals surface area contributed by atoms with E-state index >= 15 is 0 Å². The summed E-state index contributed by atoms with van der Waals surface area (Å²) in [5, 5.41) is 43.3. The molecule has 2 rings (SSSR count). The van der Waals surface area contributed by atoms with E-state index in [1.54, 1.807) is 11.7 Å². The molecule has 0 radical (unpaired) electrons. The van der Waals surface area contributed by atoms with E-state index in [2.05, 4.69) is 10.4 Å². The highest BCUT2D eigenvalue weighted by Crippen LogP contribution is 2.25. The number of rotatable bonds is 3. The minimum atomic E-state index is -1.17. The zero-order valence-corrected chi connectivity index (χ0v) is 9.41. The van der Waals surface area contributed by atoms with Gasteiger partial charge in [0.15, 0.2) is 12.3 Å². The molecular formula is C8H11N4O4S+. The fraction of sp³-hybridized carbons (Fsp3) is 0.625. The molecule has 0 spiro atoms. The predicted octanol–water partition coefficient (Wildman–Crippen LogP) is -2.06.